The Bertz CT molecular complexity index is 8800. The number of rotatable bonds is 20. The van der Waals surface area contributed by atoms with Crippen LogP contribution in [0.15, 0.2) is 245 Å². The first-order chi connectivity index (χ1) is 69.4. The zero-order valence-corrected chi connectivity index (χ0v) is 80.8. The number of likely N-dealkylation sites (N-methyl/N-ethyl adjacent to an activating group) is 1. The number of ether oxygens (including phenoxy) is 1. The van der Waals surface area contributed by atoms with Gasteiger partial charge in [0.2, 0.25) is 11.8 Å². The Hall–Kier alpha value is -18.0. The maximum atomic E-state index is 14.0. The number of hydrogen-bond donors (Lipinski definition) is 6. The fourth-order valence-corrected chi connectivity index (χ4v) is 18.8. The number of aromatic nitrogens is 20. The minimum atomic E-state index is -0.553. The zero-order chi connectivity index (χ0) is 101. The first kappa shape index (κ1) is 96.3. The Balaban J connectivity index is 0.000000127. The van der Waals surface area contributed by atoms with Crippen molar-refractivity contribution in [3.05, 3.63) is 357 Å². The topological polar surface area (TPSA) is 477 Å². The van der Waals surface area contributed by atoms with Crippen LogP contribution in [0.4, 0.5) is 23.3 Å². The first-order valence-corrected chi connectivity index (χ1v) is 46.5. The lowest BCUT2D eigenvalue weighted by Gasteiger charge is -2.26. The highest BCUT2D eigenvalue weighted by Crippen LogP contribution is 2.34. The number of pyridine rings is 4. The largest absolute Gasteiger partial charge is 0.383 e. The van der Waals surface area contributed by atoms with E-state index in [2.05, 4.69) is 56.6 Å². The van der Waals surface area contributed by atoms with E-state index in [0.717, 1.165) is 106 Å². The van der Waals surface area contributed by atoms with Crippen LogP contribution < -0.4 is 45.2 Å². The highest BCUT2D eigenvalue weighted by atomic mass is 16.5. The van der Waals surface area contributed by atoms with Crippen molar-refractivity contribution in [2.75, 3.05) is 62.8 Å². The molecule has 20 aromatic rings. The number of carbonyl (C=O) groups is 3. The summed E-state index contributed by atoms with van der Waals surface area (Å²) in [6.45, 7) is 24.0. The lowest BCUT2D eigenvalue weighted by atomic mass is 10.1. The van der Waals surface area contributed by atoms with Crippen LogP contribution in [-0.2, 0) is 64.6 Å². The molecule has 1 aliphatic rings. The van der Waals surface area contributed by atoms with E-state index >= 15 is 0 Å². The highest BCUT2D eigenvalue weighted by Gasteiger charge is 2.29. The summed E-state index contributed by atoms with van der Waals surface area (Å²) < 4.78 is 19.1. The molecule has 21 rings (SSSR count). The standard InChI is InChI=1S/C29H29N7O3.C27H27N7O3.C26H25N7O3.C25H22N6O/c1-18-6-3-4-9-23(18)36-21(14-20-8-5-7-19(2)25(20)29(36)38)16-35-28-26(27(30)31-17-32-28)22(33-35)15-24(37)34-10-12-39-13-11-34;1-16-7-4-5-10-22(16)34-20(13-19-9-6-8-17(2)23(19)27(34)36)14-32-26-24(25(28)29-15-30-26)21(31-32)11-12-33(37)18(3)35;1-15-7-4-5-10-20(15)33-18(11-17-9-6-8-16(2)22(17)26(33)35)13-32-25-23(24(27)28-14-29-25)19(30-32)12-21(34)31(3)36;1-4-19-22-23(26)27-14-28-24(22)30(29-19)13-18-12-17-10-7-9-16(3)21(17)25(32)31(18)20-11-6-5-8-15(20)2/h3-9,14,17H,10-13,15-16H2,1-2H3,(H2,30,31,32);4-10,13,15,37H,11-12,14H2,1-3H3,(H2,28,29,30);4-11,14,36H,12-13H2,1-3H3,(H2,27,28,29);4-12,14H,1,13H2,2-3H3,(H2,26,27,28). The molecule has 726 valence electrons. The van der Waals surface area contributed by atoms with E-state index < -0.39 is 11.8 Å². The van der Waals surface area contributed by atoms with Crippen molar-refractivity contribution in [1.29, 1.82) is 0 Å². The number of fused-ring (bicyclic) bond motifs is 8. The van der Waals surface area contributed by atoms with Gasteiger partial charge in [0.1, 0.15) is 48.6 Å². The van der Waals surface area contributed by atoms with E-state index in [-0.39, 0.29) is 91.0 Å². The molecule has 0 bridgehead atoms. The van der Waals surface area contributed by atoms with Crippen LogP contribution in [0, 0.1) is 55.4 Å². The van der Waals surface area contributed by atoms with E-state index in [0.29, 0.717) is 143 Å². The molecule has 0 saturated carbocycles. The molecule has 0 spiro atoms. The molecular weight excluding hydrogens is 1820 g/mol. The predicted octanol–water partition coefficient (Wildman–Crippen LogP) is 12.7. The summed E-state index contributed by atoms with van der Waals surface area (Å²) in [5, 5.41) is 47.7. The SMILES string of the molecule is C=Cc1nn(Cc2cc3cccc(C)c3c(=O)n2-c2ccccc2C)c2ncnc(N)c12.CC(=O)N(O)CCc1nn(Cc2cc3cccc(C)c3c(=O)n2-c2ccccc2C)c2ncnc(N)c12.Cc1ccccc1-n1c(Cn2nc(CC(=O)N(C)O)c3c(N)ncnc32)cc2cccc(C)c2c1=O.Cc1ccccc1-n1c(Cn2nc(CC(=O)N3CCOCC3)c3c(N)ncnc32)cc2cccc(C)c2c1=O. The summed E-state index contributed by atoms with van der Waals surface area (Å²) in [5.74, 6) is -0.0253. The van der Waals surface area contributed by atoms with Gasteiger partial charge in [-0.05, 0) is 176 Å². The van der Waals surface area contributed by atoms with Crippen LogP contribution >= 0.6 is 0 Å². The summed E-state index contributed by atoms with van der Waals surface area (Å²) in [4.78, 5) is 128. The summed E-state index contributed by atoms with van der Waals surface area (Å²) in [7, 11) is 1.25. The molecule has 37 heteroatoms. The molecule has 0 unspecified atom stereocenters. The van der Waals surface area contributed by atoms with Gasteiger partial charge < -0.3 is 32.6 Å². The second-order valence-electron chi connectivity index (χ2n) is 35.5. The summed E-state index contributed by atoms with van der Waals surface area (Å²) in [6, 6.07) is 62.4. The molecule has 10 N–H and O–H groups in total. The quantitative estimate of drug-likeness (QED) is 0.0305. The lowest BCUT2D eigenvalue weighted by Crippen LogP contribution is -2.41. The summed E-state index contributed by atoms with van der Waals surface area (Å²) in [5.41, 5.74) is 42.0. The smallest absolute Gasteiger partial charge is 0.263 e. The number of amides is 3. The number of anilines is 4. The van der Waals surface area contributed by atoms with Crippen LogP contribution in [0.5, 0.6) is 0 Å². The Morgan fingerprint density at radius 3 is 0.993 bits per heavy atom. The Morgan fingerprint density at radius 2 is 0.674 bits per heavy atom. The van der Waals surface area contributed by atoms with Crippen molar-refractivity contribution in [3.63, 3.8) is 0 Å². The Labute approximate surface area is 822 Å². The van der Waals surface area contributed by atoms with Crippen molar-refractivity contribution in [2.24, 2.45) is 0 Å². The fraction of sp³-hybridized carbons (Fsp3) is 0.206. The maximum absolute atomic E-state index is 14.0. The number of nitrogen functional groups attached to an aromatic ring is 4. The normalized spacial score (nSPS) is 12.0. The van der Waals surface area contributed by atoms with Crippen LogP contribution in [0.3, 0.4) is 0 Å². The van der Waals surface area contributed by atoms with Gasteiger partial charge in [-0.2, -0.15) is 20.4 Å². The molecule has 1 aliphatic heterocycles. The number of hydrogen-bond acceptors (Lipinski definition) is 26. The van der Waals surface area contributed by atoms with Crippen LogP contribution in [0.25, 0.3) is 116 Å². The van der Waals surface area contributed by atoms with Crippen LogP contribution in [0.1, 0.15) is 97.0 Å². The molecule has 0 radical (unpaired) electrons. The number of nitrogens with zero attached hydrogens (tertiary/aromatic N) is 23. The van der Waals surface area contributed by atoms with Crippen molar-refractivity contribution < 1.29 is 29.5 Å². The van der Waals surface area contributed by atoms with Crippen LogP contribution in [0.2, 0.25) is 0 Å². The maximum Gasteiger partial charge on any atom is 0.263 e. The predicted molar refractivity (Wildman–Crippen MR) is 554 cm³/mol. The fourth-order valence-electron chi connectivity index (χ4n) is 18.8. The van der Waals surface area contributed by atoms with Gasteiger partial charge in [-0.3, -0.25) is 62.2 Å². The summed E-state index contributed by atoms with van der Waals surface area (Å²) >= 11 is 0. The van der Waals surface area contributed by atoms with Gasteiger partial charge in [-0.25, -0.2) is 68.7 Å². The van der Waals surface area contributed by atoms with Gasteiger partial charge in [0.15, 0.2) is 22.6 Å². The summed E-state index contributed by atoms with van der Waals surface area (Å²) in [6.07, 6.45) is 7.28. The average Bonchev–Trinajstić information content (AvgIpc) is 1.41. The molecule has 8 aromatic carbocycles. The van der Waals surface area contributed by atoms with Gasteiger partial charge in [0.05, 0.1) is 147 Å². The third-order valence-electron chi connectivity index (χ3n) is 26.0. The number of benzene rings is 8. The average molecular weight is 1930 g/mol. The van der Waals surface area contributed by atoms with E-state index in [1.54, 1.807) is 48.0 Å². The van der Waals surface area contributed by atoms with Crippen molar-refractivity contribution >= 4 is 134 Å². The Morgan fingerprint density at radius 1 is 0.382 bits per heavy atom. The number of aryl methyl sites for hydroxylation is 8. The molecule has 1 fully saturated rings. The van der Waals surface area contributed by atoms with E-state index in [9.17, 15) is 44.0 Å². The van der Waals surface area contributed by atoms with Crippen molar-refractivity contribution in [2.45, 2.75) is 108 Å². The first-order valence-electron chi connectivity index (χ1n) is 46.5. The van der Waals surface area contributed by atoms with Gasteiger partial charge >= 0.3 is 0 Å². The molecule has 3 amide bonds. The number of carbonyl (C=O) groups excluding carboxylic acids is 3. The lowest BCUT2D eigenvalue weighted by molar-refractivity contribution is -0.162. The van der Waals surface area contributed by atoms with Crippen LogP contribution in [-0.4, -0.2) is 180 Å². The zero-order valence-electron chi connectivity index (χ0n) is 80.8. The van der Waals surface area contributed by atoms with E-state index in [4.69, 9.17) is 37.9 Å². The number of hydroxylamine groups is 4. The third kappa shape index (κ3) is 18.7. The van der Waals surface area contributed by atoms with E-state index in [1.807, 2.05) is 250 Å². The number of nitrogens with two attached hydrogens (primary N) is 4. The number of para-hydroxylation sites is 4. The third-order valence-corrected chi connectivity index (χ3v) is 26.0. The monoisotopic (exact) mass is 1930 g/mol. The molecule has 37 nitrogen and oxygen atoms in total. The minimum absolute atomic E-state index is 0.0406. The van der Waals surface area contributed by atoms with Gasteiger partial charge in [0, 0.05) is 56.3 Å². The van der Waals surface area contributed by atoms with Crippen molar-refractivity contribution in [3.8, 4) is 22.7 Å². The molecular formula is C107H103N27O10. The molecule has 12 aromatic heterocycles. The molecule has 144 heavy (non-hydrogen) atoms. The van der Waals surface area contributed by atoms with Gasteiger partial charge in [0.25, 0.3) is 28.1 Å². The minimum Gasteiger partial charge on any atom is -0.383 e. The number of morpholine rings is 1. The van der Waals surface area contributed by atoms with Crippen molar-refractivity contribution in [1.82, 2.24) is 112 Å². The molecule has 0 aliphatic carbocycles. The van der Waals surface area contributed by atoms with Gasteiger partial charge in [-0.1, -0.05) is 152 Å². The highest BCUT2D eigenvalue weighted by molar-refractivity contribution is 5.96. The second-order valence-corrected chi connectivity index (χ2v) is 35.5. The molecule has 0 atom stereocenters. The molecule has 13 heterocycles. The van der Waals surface area contributed by atoms with E-state index in [1.165, 1.54) is 39.3 Å². The second kappa shape index (κ2) is 40.5. The van der Waals surface area contributed by atoms with Gasteiger partial charge in [-0.15, -0.1) is 0 Å². The molecule has 1 saturated heterocycles. The Kier molecular flexibility index (Phi) is 27.1.